The molecule has 2 N–H and O–H groups in total. The number of ether oxygens (including phenoxy) is 1. The van der Waals surface area contributed by atoms with Crippen molar-refractivity contribution < 1.29 is 4.74 Å². The SMILES string of the molecule is CN=C(NCCc1cc(C)ccc1OC)NCC1CCN(C)CC1. The van der Waals surface area contributed by atoms with Crippen LogP contribution in [0.3, 0.4) is 0 Å². The predicted octanol–water partition coefficient (Wildman–Crippen LogP) is 2.05. The maximum absolute atomic E-state index is 5.44. The summed E-state index contributed by atoms with van der Waals surface area (Å²) in [6, 6.07) is 6.31. The molecule has 0 saturated carbocycles. The van der Waals surface area contributed by atoms with E-state index in [1.807, 2.05) is 13.1 Å². The van der Waals surface area contributed by atoms with Crippen molar-refractivity contribution in [2.45, 2.75) is 26.2 Å². The topological polar surface area (TPSA) is 48.9 Å². The van der Waals surface area contributed by atoms with Crippen LogP contribution in [0.5, 0.6) is 5.75 Å². The maximum Gasteiger partial charge on any atom is 0.190 e. The van der Waals surface area contributed by atoms with Gasteiger partial charge in [-0.05, 0) is 63.9 Å². The summed E-state index contributed by atoms with van der Waals surface area (Å²) in [6.07, 6.45) is 3.45. The zero-order valence-corrected chi connectivity index (χ0v) is 15.6. The molecule has 1 aromatic rings. The van der Waals surface area contributed by atoms with Gasteiger partial charge in [0, 0.05) is 20.1 Å². The second kappa shape index (κ2) is 9.52. The smallest absolute Gasteiger partial charge is 0.190 e. The van der Waals surface area contributed by atoms with Crippen LogP contribution in [0.1, 0.15) is 24.0 Å². The van der Waals surface area contributed by atoms with Crippen LogP contribution in [0.2, 0.25) is 0 Å². The second-order valence-corrected chi connectivity index (χ2v) is 6.69. The van der Waals surface area contributed by atoms with Crippen LogP contribution < -0.4 is 15.4 Å². The van der Waals surface area contributed by atoms with Gasteiger partial charge in [-0.25, -0.2) is 0 Å². The summed E-state index contributed by atoms with van der Waals surface area (Å²) in [7, 11) is 5.75. The first-order valence-electron chi connectivity index (χ1n) is 8.89. The van der Waals surface area contributed by atoms with Crippen molar-refractivity contribution in [3.05, 3.63) is 29.3 Å². The van der Waals surface area contributed by atoms with Crippen molar-refractivity contribution in [1.82, 2.24) is 15.5 Å². The number of rotatable bonds is 6. The molecule has 5 nitrogen and oxygen atoms in total. The third-order valence-corrected chi connectivity index (χ3v) is 4.74. The number of aryl methyl sites for hydroxylation is 1. The van der Waals surface area contributed by atoms with Crippen LogP contribution in [-0.4, -0.2) is 58.2 Å². The molecule has 0 atom stereocenters. The Hall–Kier alpha value is -1.75. The first-order valence-corrected chi connectivity index (χ1v) is 8.89. The molecule has 1 saturated heterocycles. The van der Waals surface area contributed by atoms with Crippen LogP contribution in [0.25, 0.3) is 0 Å². The van der Waals surface area contributed by atoms with E-state index in [9.17, 15) is 0 Å². The molecular formula is C19H32N4O. The monoisotopic (exact) mass is 332 g/mol. The van der Waals surface area contributed by atoms with Gasteiger partial charge < -0.3 is 20.3 Å². The van der Waals surface area contributed by atoms with Crippen molar-refractivity contribution in [1.29, 1.82) is 0 Å². The highest BCUT2D eigenvalue weighted by atomic mass is 16.5. The van der Waals surface area contributed by atoms with Gasteiger partial charge in [-0.15, -0.1) is 0 Å². The molecule has 5 heteroatoms. The van der Waals surface area contributed by atoms with Crippen LogP contribution >= 0.6 is 0 Å². The summed E-state index contributed by atoms with van der Waals surface area (Å²) in [5.74, 6) is 2.59. The molecule has 0 aliphatic carbocycles. The fourth-order valence-corrected chi connectivity index (χ4v) is 3.15. The minimum Gasteiger partial charge on any atom is -0.496 e. The number of likely N-dealkylation sites (tertiary alicyclic amines) is 1. The summed E-state index contributed by atoms with van der Waals surface area (Å²) in [4.78, 5) is 6.73. The lowest BCUT2D eigenvalue weighted by molar-refractivity contribution is 0.220. The van der Waals surface area contributed by atoms with Gasteiger partial charge in [0.05, 0.1) is 7.11 Å². The van der Waals surface area contributed by atoms with Crippen LogP contribution in [0.15, 0.2) is 23.2 Å². The zero-order valence-electron chi connectivity index (χ0n) is 15.6. The van der Waals surface area contributed by atoms with Crippen molar-refractivity contribution in [3.63, 3.8) is 0 Å². The molecule has 1 aromatic carbocycles. The van der Waals surface area contributed by atoms with Gasteiger partial charge in [0.2, 0.25) is 0 Å². The van der Waals surface area contributed by atoms with Crippen molar-refractivity contribution in [3.8, 4) is 5.75 Å². The van der Waals surface area contributed by atoms with Gasteiger partial charge in [-0.2, -0.15) is 0 Å². The molecule has 1 aliphatic heterocycles. The number of piperidine rings is 1. The summed E-state index contributed by atoms with van der Waals surface area (Å²) < 4.78 is 5.44. The lowest BCUT2D eigenvalue weighted by Crippen LogP contribution is -2.42. The number of hydrogen-bond donors (Lipinski definition) is 2. The maximum atomic E-state index is 5.44. The molecular weight excluding hydrogens is 300 g/mol. The third-order valence-electron chi connectivity index (χ3n) is 4.74. The molecule has 0 radical (unpaired) electrons. The molecule has 1 fully saturated rings. The number of benzene rings is 1. The first kappa shape index (κ1) is 18.6. The Morgan fingerprint density at radius 2 is 2.04 bits per heavy atom. The van der Waals surface area contributed by atoms with Gasteiger partial charge in [0.15, 0.2) is 5.96 Å². The van der Waals surface area contributed by atoms with Gasteiger partial charge in [0.1, 0.15) is 5.75 Å². The fourth-order valence-electron chi connectivity index (χ4n) is 3.15. The zero-order chi connectivity index (χ0) is 17.4. The van der Waals surface area contributed by atoms with E-state index in [0.717, 1.165) is 37.1 Å². The molecule has 0 spiro atoms. The molecule has 24 heavy (non-hydrogen) atoms. The second-order valence-electron chi connectivity index (χ2n) is 6.69. The fraction of sp³-hybridized carbons (Fsp3) is 0.632. The van der Waals surface area contributed by atoms with E-state index >= 15 is 0 Å². The number of guanidine groups is 1. The Kier molecular flexibility index (Phi) is 7.37. The van der Waals surface area contributed by atoms with Crippen LogP contribution in [-0.2, 0) is 6.42 Å². The lowest BCUT2D eigenvalue weighted by atomic mass is 9.97. The van der Waals surface area contributed by atoms with E-state index < -0.39 is 0 Å². The molecule has 0 bridgehead atoms. The quantitative estimate of drug-likeness (QED) is 0.618. The molecule has 0 amide bonds. The summed E-state index contributed by atoms with van der Waals surface area (Å²) >= 11 is 0. The van der Waals surface area contributed by atoms with E-state index in [1.54, 1.807) is 7.11 Å². The van der Waals surface area contributed by atoms with Gasteiger partial charge in [-0.3, -0.25) is 4.99 Å². The number of hydrogen-bond acceptors (Lipinski definition) is 3. The Morgan fingerprint density at radius 1 is 1.29 bits per heavy atom. The first-order chi connectivity index (χ1) is 11.6. The minimum absolute atomic E-state index is 0.747. The Morgan fingerprint density at radius 3 is 2.71 bits per heavy atom. The summed E-state index contributed by atoms with van der Waals surface area (Å²) in [6.45, 7) is 6.35. The highest BCUT2D eigenvalue weighted by Gasteiger charge is 2.16. The van der Waals surface area contributed by atoms with Crippen LogP contribution in [0.4, 0.5) is 0 Å². The van der Waals surface area contributed by atoms with Gasteiger partial charge >= 0.3 is 0 Å². The van der Waals surface area contributed by atoms with E-state index in [1.165, 1.54) is 37.1 Å². The largest absolute Gasteiger partial charge is 0.496 e. The van der Waals surface area contributed by atoms with E-state index in [0.29, 0.717) is 0 Å². The molecule has 1 aliphatic rings. The number of nitrogens with one attached hydrogen (secondary N) is 2. The average molecular weight is 332 g/mol. The molecule has 1 heterocycles. The standard InChI is InChI=1S/C19H32N4O/c1-15-5-6-18(24-4)17(13-15)7-10-21-19(20-2)22-14-16-8-11-23(3)12-9-16/h5-6,13,16H,7-12,14H2,1-4H3,(H2,20,21,22). The number of methoxy groups -OCH3 is 1. The summed E-state index contributed by atoms with van der Waals surface area (Å²) in [5, 5.41) is 6.88. The molecule has 134 valence electrons. The molecule has 0 aromatic heterocycles. The van der Waals surface area contributed by atoms with Crippen LogP contribution in [0, 0.1) is 12.8 Å². The van der Waals surface area contributed by atoms with E-state index in [-0.39, 0.29) is 0 Å². The lowest BCUT2D eigenvalue weighted by Gasteiger charge is -2.29. The third kappa shape index (κ3) is 5.71. The highest BCUT2D eigenvalue weighted by Crippen LogP contribution is 2.19. The normalized spacial score (nSPS) is 16.9. The van der Waals surface area contributed by atoms with E-state index in [4.69, 9.17) is 4.74 Å². The number of aliphatic imine (C=N–C) groups is 1. The van der Waals surface area contributed by atoms with Crippen molar-refractivity contribution in [2.24, 2.45) is 10.9 Å². The number of nitrogens with zero attached hydrogens (tertiary/aromatic N) is 2. The van der Waals surface area contributed by atoms with E-state index in [2.05, 4.69) is 46.6 Å². The van der Waals surface area contributed by atoms with Gasteiger partial charge in [0.25, 0.3) is 0 Å². The predicted molar refractivity (Wildman–Crippen MR) is 101 cm³/mol. The Labute approximate surface area is 146 Å². The Balaban J connectivity index is 1.75. The average Bonchev–Trinajstić information content (AvgIpc) is 2.59. The van der Waals surface area contributed by atoms with Crippen molar-refractivity contribution >= 4 is 5.96 Å². The highest BCUT2D eigenvalue weighted by molar-refractivity contribution is 5.79. The minimum atomic E-state index is 0.747. The van der Waals surface area contributed by atoms with Gasteiger partial charge in [-0.1, -0.05) is 17.7 Å². The molecule has 2 rings (SSSR count). The van der Waals surface area contributed by atoms with Crippen molar-refractivity contribution in [2.75, 3.05) is 47.4 Å². The molecule has 0 unspecified atom stereocenters. The summed E-state index contributed by atoms with van der Waals surface area (Å²) in [5.41, 5.74) is 2.49. The Bertz CT molecular complexity index is 536.